The van der Waals surface area contributed by atoms with Crippen LogP contribution in [0.15, 0.2) is 12.2 Å². The Labute approximate surface area is 329 Å². The topological polar surface area (TPSA) is 152 Å². The molecule has 0 aromatic carbocycles. The number of hydrogen-bond donors (Lipinski definition) is 4. The van der Waals surface area contributed by atoms with Gasteiger partial charge in [0.05, 0.1) is 13.2 Å². The Bertz CT molecular complexity index is 897. The molecule has 1 aliphatic heterocycles. The summed E-state index contributed by atoms with van der Waals surface area (Å²) in [5.41, 5.74) is 0. The van der Waals surface area contributed by atoms with Crippen molar-refractivity contribution in [1.82, 2.24) is 0 Å². The molecule has 0 aliphatic carbocycles. The number of hydrogen-bond acceptors (Lipinski definition) is 10. The van der Waals surface area contributed by atoms with Gasteiger partial charge in [0, 0.05) is 12.8 Å². The third-order valence-electron chi connectivity index (χ3n) is 10.4. The molecule has 0 radical (unpaired) electrons. The van der Waals surface area contributed by atoms with Crippen molar-refractivity contribution in [3.63, 3.8) is 0 Å². The zero-order valence-electron chi connectivity index (χ0n) is 34.5. The monoisotopic (exact) mass is 771 g/mol. The SMILES string of the molecule is CCCCCCCCCC=CCCCCCCCC(=O)OC(COC(=O)CCCCCCCCCCCCCCC)COC1OC(CO)C(O)C(O)C1O. The Hall–Kier alpha value is -1.56. The Balaban J connectivity index is 2.34. The number of ether oxygens (including phenoxy) is 4. The molecule has 54 heavy (non-hydrogen) atoms. The fourth-order valence-corrected chi connectivity index (χ4v) is 6.83. The standard InChI is InChI=1S/C44H82O10/c1-3-5-7-9-11-13-15-17-18-19-21-23-25-27-29-31-33-40(47)53-37(36-52-44-43(50)42(49)41(48)38(34-45)54-44)35-51-39(46)32-30-28-26-24-22-20-16-14-12-10-8-6-4-2/h18-19,37-38,41-45,48-50H,3-17,20-36H2,1-2H3. The third-order valence-corrected chi connectivity index (χ3v) is 10.4. The van der Waals surface area contributed by atoms with Crippen molar-refractivity contribution in [2.45, 2.75) is 237 Å². The quantitative estimate of drug-likeness (QED) is 0.0273. The maximum atomic E-state index is 12.7. The lowest BCUT2D eigenvalue weighted by Gasteiger charge is -2.39. The molecule has 6 unspecified atom stereocenters. The number of aliphatic hydroxyl groups is 4. The first-order valence-corrected chi connectivity index (χ1v) is 22.3. The molecule has 318 valence electrons. The van der Waals surface area contributed by atoms with Crippen molar-refractivity contribution in [2.24, 2.45) is 0 Å². The predicted molar refractivity (Wildman–Crippen MR) is 215 cm³/mol. The van der Waals surface area contributed by atoms with Gasteiger partial charge in [0.2, 0.25) is 0 Å². The van der Waals surface area contributed by atoms with Crippen LogP contribution >= 0.6 is 0 Å². The molecule has 0 amide bonds. The normalized spacial score (nSPS) is 20.7. The van der Waals surface area contributed by atoms with Gasteiger partial charge in [0.25, 0.3) is 0 Å². The molecule has 1 heterocycles. The van der Waals surface area contributed by atoms with E-state index in [0.717, 1.165) is 51.4 Å². The van der Waals surface area contributed by atoms with E-state index in [1.165, 1.54) is 116 Å². The van der Waals surface area contributed by atoms with E-state index in [2.05, 4.69) is 26.0 Å². The summed E-state index contributed by atoms with van der Waals surface area (Å²) < 4.78 is 22.1. The van der Waals surface area contributed by atoms with E-state index < -0.39 is 49.4 Å². The van der Waals surface area contributed by atoms with E-state index in [0.29, 0.717) is 6.42 Å². The van der Waals surface area contributed by atoms with Crippen LogP contribution in [0.5, 0.6) is 0 Å². The van der Waals surface area contributed by atoms with Crippen LogP contribution in [0.3, 0.4) is 0 Å². The second kappa shape index (κ2) is 35.8. The Morgan fingerprint density at radius 1 is 0.556 bits per heavy atom. The van der Waals surface area contributed by atoms with Gasteiger partial charge in [0.1, 0.15) is 31.0 Å². The van der Waals surface area contributed by atoms with Crippen molar-refractivity contribution >= 4 is 11.9 Å². The number of carbonyl (C=O) groups excluding carboxylic acids is 2. The highest BCUT2D eigenvalue weighted by Crippen LogP contribution is 2.23. The zero-order valence-corrected chi connectivity index (χ0v) is 34.5. The summed E-state index contributed by atoms with van der Waals surface area (Å²) >= 11 is 0. The third kappa shape index (κ3) is 27.1. The van der Waals surface area contributed by atoms with Crippen LogP contribution in [0, 0.1) is 0 Å². The van der Waals surface area contributed by atoms with Gasteiger partial charge in [-0.25, -0.2) is 0 Å². The molecule has 1 aliphatic rings. The van der Waals surface area contributed by atoms with Crippen molar-refractivity contribution in [1.29, 1.82) is 0 Å². The van der Waals surface area contributed by atoms with Gasteiger partial charge in [-0.05, 0) is 38.5 Å². The summed E-state index contributed by atoms with van der Waals surface area (Å²) in [5.74, 6) is -0.808. The maximum absolute atomic E-state index is 12.7. The molecule has 0 bridgehead atoms. The highest BCUT2D eigenvalue weighted by Gasteiger charge is 2.44. The van der Waals surface area contributed by atoms with E-state index >= 15 is 0 Å². The van der Waals surface area contributed by atoms with E-state index in [-0.39, 0.29) is 32.0 Å². The van der Waals surface area contributed by atoms with Gasteiger partial charge in [0.15, 0.2) is 12.4 Å². The molecule has 0 spiro atoms. The number of allylic oxidation sites excluding steroid dienone is 2. The molecule has 6 atom stereocenters. The Morgan fingerprint density at radius 2 is 0.981 bits per heavy atom. The lowest BCUT2D eigenvalue weighted by molar-refractivity contribution is -0.305. The van der Waals surface area contributed by atoms with Crippen molar-refractivity contribution in [3.05, 3.63) is 12.2 Å². The van der Waals surface area contributed by atoms with E-state index in [9.17, 15) is 30.0 Å². The summed E-state index contributed by atoms with van der Waals surface area (Å²) in [6, 6.07) is 0. The molecule has 10 nitrogen and oxygen atoms in total. The molecular weight excluding hydrogens is 688 g/mol. The van der Waals surface area contributed by atoms with Crippen molar-refractivity contribution in [3.8, 4) is 0 Å². The van der Waals surface area contributed by atoms with Crippen LogP contribution in [0.2, 0.25) is 0 Å². The maximum Gasteiger partial charge on any atom is 0.306 e. The van der Waals surface area contributed by atoms with Gasteiger partial charge in [-0.1, -0.05) is 161 Å². The smallest absolute Gasteiger partial charge is 0.306 e. The van der Waals surface area contributed by atoms with Gasteiger partial charge in [-0.3, -0.25) is 9.59 Å². The molecular formula is C44H82O10. The highest BCUT2D eigenvalue weighted by atomic mass is 16.7. The fourth-order valence-electron chi connectivity index (χ4n) is 6.83. The molecule has 1 saturated heterocycles. The van der Waals surface area contributed by atoms with Crippen LogP contribution in [0.25, 0.3) is 0 Å². The first-order valence-electron chi connectivity index (χ1n) is 22.3. The number of unbranched alkanes of at least 4 members (excludes halogenated alkanes) is 24. The molecule has 4 N–H and O–H groups in total. The second-order valence-corrected chi connectivity index (χ2v) is 15.5. The average molecular weight is 771 g/mol. The number of esters is 2. The van der Waals surface area contributed by atoms with Crippen LogP contribution < -0.4 is 0 Å². The second-order valence-electron chi connectivity index (χ2n) is 15.5. The number of rotatable bonds is 37. The largest absolute Gasteiger partial charge is 0.462 e. The van der Waals surface area contributed by atoms with Crippen LogP contribution in [-0.4, -0.2) is 89.0 Å². The molecule has 1 rings (SSSR count). The van der Waals surface area contributed by atoms with Crippen LogP contribution in [0.4, 0.5) is 0 Å². The van der Waals surface area contributed by atoms with E-state index in [1.807, 2.05) is 0 Å². The highest BCUT2D eigenvalue weighted by molar-refractivity contribution is 5.70. The summed E-state index contributed by atoms with van der Waals surface area (Å²) in [6.07, 6.45) is 29.3. The first-order chi connectivity index (χ1) is 26.3. The first kappa shape index (κ1) is 50.5. The number of aliphatic hydroxyl groups excluding tert-OH is 4. The molecule has 0 aromatic rings. The van der Waals surface area contributed by atoms with Crippen LogP contribution in [0.1, 0.15) is 200 Å². The van der Waals surface area contributed by atoms with Crippen LogP contribution in [-0.2, 0) is 28.5 Å². The molecule has 0 aromatic heterocycles. The minimum Gasteiger partial charge on any atom is -0.462 e. The van der Waals surface area contributed by atoms with Gasteiger partial charge in [-0.2, -0.15) is 0 Å². The summed E-state index contributed by atoms with van der Waals surface area (Å²) in [5, 5.41) is 40.0. The van der Waals surface area contributed by atoms with Gasteiger partial charge >= 0.3 is 11.9 Å². The van der Waals surface area contributed by atoms with E-state index in [1.54, 1.807) is 0 Å². The van der Waals surface area contributed by atoms with Crippen molar-refractivity contribution < 1.29 is 49.0 Å². The van der Waals surface area contributed by atoms with Gasteiger partial charge < -0.3 is 39.4 Å². The summed E-state index contributed by atoms with van der Waals surface area (Å²) in [6.45, 7) is 3.42. The Kier molecular flexibility index (Phi) is 33.5. The number of carbonyl (C=O) groups is 2. The minimum atomic E-state index is -1.59. The Morgan fingerprint density at radius 3 is 1.44 bits per heavy atom. The fraction of sp³-hybridized carbons (Fsp3) is 0.909. The minimum absolute atomic E-state index is 0.215. The molecule has 0 saturated carbocycles. The average Bonchev–Trinajstić information content (AvgIpc) is 3.17. The summed E-state index contributed by atoms with van der Waals surface area (Å²) in [7, 11) is 0. The molecule has 1 fully saturated rings. The predicted octanol–water partition coefficient (Wildman–Crippen LogP) is 9.17. The zero-order chi connectivity index (χ0) is 39.5. The lowest BCUT2D eigenvalue weighted by Crippen LogP contribution is -2.59. The summed E-state index contributed by atoms with van der Waals surface area (Å²) in [4.78, 5) is 25.3. The van der Waals surface area contributed by atoms with Crippen molar-refractivity contribution in [2.75, 3.05) is 19.8 Å². The lowest BCUT2D eigenvalue weighted by atomic mass is 9.99. The van der Waals surface area contributed by atoms with Gasteiger partial charge in [-0.15, -0.1) is 0 Å². The van der Waals surface area contributed by atoms with E-state index in [4.69, 9.17) is 18.9 Å². The molecule has 10 heteroatoms.